The van der Waals surface area contributed by atoms with Gasteiger partial charge < -0.3 is 10.0 Å². The Kier molecular flexibility index (Phi) is 5.60. The van der Waals surface area contributed by atoms with E-state index in [-0.39, 0.29) is 12.5 Å². The fraction of sp³-hybridized carbons (Fsp3) is 0.588. The van der Waals surface area contributed by atoms with Crippen LogP contribution >= 0.6 is 0 Å². The maximum Gasteiger partial charge on any atom is 0.223 e. The maximum atomic E-state index is 12.4. The summed E-state index contributed by atoms with van der Waals surface area (Å²) in [6.07, 6.45) is 5.55. The van der Waals surface area contributed by atoms with Gasteiger partial charge in [-0.2, -0.15) is 0 Å². The zero-order chi connectivity index (χ0) is 14.4. The first kappa shape index (κ1) is 15.0. The highest BCUT2D eigenvalue weighted by molar-refractivity contribution is 5.77. The second kappa shape index (κ2) is 7.44. The Bertz CT molecular complexity index is 423. The van der Waals surface area contributed by atoms with Crippen LogP contribution in [0.4, 0.5) is 0 Å². The Morgan fingerprint density at radius 2 is 2.00 bits per heavy atom. The molecule has 0 bridgehead atoms. The van der Waals surface area contributed by atoms with Crippen LogP contribution in [0.2, 0.25) is 0 Å². The molecule has 0 spiro atoms. The molecule has 1 aliphatic carbocycles. The van der Waals surface area contributed by atoms with Gasteiger partial charge in [0.15, 0.2) is 0 Å². The third kappa shape index (κ3) is 4.07. The molecule has 0 saturated heterocycles. The third-order valence-electron chi connectivity index (χ3n) is 4.14. The van der Waals surface area contributed by atoms with Gasteiger partial charge >= 0.3 is 0 Å². The number of carbonyl (C=O) groups is 1. The van der Waals surface area contributed by atoms with Crippen molar-refractivity contribution >= 4 is 5.91 Å². The predicted octanol–water partition coefficient (Wildman–Crippen LogP) is 2.69. The highest BCUT2D eigenvalue weighted by Crippen LogP contribution is 2.25. The summed E-state index contributed by atoms with van der Waals surface area (Å²) in [5.41, 5.74) is 2.47. The average molecular weight is 275 g/mol. The molecule has 1 amide bonds. The second-order valence-corrected chi connectivity index (χ2v) is 5.73. The number of benzene rings is 1. The standard InChI is InChI=1S/C17H25NO2/c1-14-6-8-15(9-7-14)10-11-17(20)18(12-3-13-19)16-4-2-5-16/h6-9,16,19H,2-5,10-13H2,1H3. The molecule has 1 N–H and O–H groups in total. The fourth-order valence-corrected chi connectivity index (χ4v) is 2.60. The predicted molar refractivity (Wildman–Crippen MR) is 80.6 cm³/mol. The van der Waals surface area contributed by atoms with Crippen LogP contribution in [0.3, 0.4) is 0 Å². The topological polar surface area (TPSA) is 40.5 Å². The van der Waals surface area contributed by atoms with E-state index in [1.54, 1.807) is 0 Å². The van der Waals surface area contributed by atoms with Crippen LogP contribution in [-0.2, 0) is 11.2 Å². The van der Waals surface area contributed by atoms with Gasteiger partial charge in [-0.1, -0.05) is 29.8 Å². The number of aliphatic hydroxyl groups is 1. The molecule has 0 aliphatic heterocycles. The van der Waals surface area contributed by atoms with Gasteiger partial charge in [-0.15, -0.1) is 0 Å². The number of amides is 1. The number of rotatable bonds is 7. The molecule has 0 atom stereocenters. The van der Waals surface area contributed by atoms with E-state index in [1.807, 2.05) is 4.90 Å². The molecule has 0 heterocycles. The molecule has 1 aliphatic rings. The molecule has 1 aromatic rings. The van der Waals surface area contributed by atoms with Crippen LogP contribution in [0.1, 0.15) is 43.2 Å². The largest absolute Gasteiger partial charge is 0.396 e. The van der Waals surface area contributed by atoms with Crippen LogP contribution in [0.15, 0.2) is 24.3 Å². The van der Waals surface area contributed by atoms with Crippen molar-refractivity contribution in [3.05, 3.63) is 35.4 Å². The summed E-state index contributed by atoms with van der Waals surface area (Å²) in [5.74, 6) is 0.240. The van der Waals surface area contributed by atoms with Gasteiger partial charge in [0.1, 0.15) is 0 Å². The van der Waals surface area contributed by atoms with Gasteiger partial charge in [-0.25, -0.2) is 0 Å². The van der Waals surface area contributed by atoms with Crippen molar-refractivity contribution in [2.45, 2.75) is 51.5 Å². The number of hydrogen-bond acceptors (Lipinski definition) is 2. The normalized spacial score (nSPS) is 14.9. The summed E-state index contributed by atoms with van der Waals surface area (Å²) in [4.78, 5) is 14.4. The Labute approximate surface area is 121 Å². The minimum atomic E-state index is 0.161. The average Bonchev–Trinajstić information content (AvgIpc) is 2.40. The molecule has 0 aromatic heterocycles. The van der Waals surface area contributed by atoms with Crippen LogP contribution in [0.25, 0.3) is 0 Å². The maximum absolute atomic E-state index is 12.4. The van der Waals surface area contributed by atoms with Crippen molar-refractivity contribution in [3.63, 3.8) is 0 Å². The quantitative estimate of drug-likeness (QED) is 0.831. The first-order valence-electron chi connectivity index (χ1n) is 7.66. The third-order valence-corrected chi connectivity index (χ3v) is 4.14. The van der Waals surface area contributed by atoms with Crippen LogP contribution in [0, 0.1) is 6.92 Å². The molecule has 1 fully saturated rings. The van der Waals surface area contributed by atoms with Crippen molar-refractivity contribution in [2.75, 3.05) is 13.2 Å². The summed E-state index contributed by atoms with van der Waals surface area (Å²) in [5, 5.41) is 8.97. The summed E-state index contributed by atoms with van der Waals surface area (Å²) >= 11 is 0. The van der Waals surface area contributed by atoms with E-state index in [0.29, 0.717) is 25.4 Å². The summed E-state index contributed by atoms with van der Waals surface area (Å²) in [6, 6.07) is 8.81. The van der Waals surface area contributed by atoms with Gasteiger partial charge in [0, 0.05) is 25.6 Å². The first-order chi connectivity index (χ1) is 9.70. The summed E-state index contributed by atoms with van der Waals surface area (Å²) in [7, 11) is 0. The van der Waals surface area contributed by atoms with Crippen molar-refractivity contribution in [1.29, 1.82) is 0 Å². The number of aryl methyl sites for hydroxylation is 2. The molecule has 20 heavy (non-hydrogen) atoms. The second-order valence-electron chi connectivity index (χ2n) is 5.73. The van der Waals surface area contributed by atoms with E-state index in [4.69, 9.17) is 5.11 Å². The van der Waals surface area contributed by atoms with Gasteiger partial charge in [-0.3, -0.25) is 4.79 Å². The van der Waals surface area contributed by atoms with Crippen LogP contribution < -0.4 is 0 Å². The zero-order valence-corrected chi connectivity index (χ0v) is 12.3. The molecular weight excluding hydrogens is 250 g/mol. The molecule has 2 rings (SSSR count). The van der Waals surface area contributed by atoms with Crippen LogP contribution in [0.5, 0.6) is 0 Å². The van der Waals surface area contributed by atoms with E-state index >= 15 is 0 Å². The van der Waals surface area contributed by atoms with Gasteiger partial charge in [0.2, 0.25) is 5.91 Å². The zero-order valence-electron chi connectivity index (χ0n) is 12.3. The van der Waals surface area contributed by atoms with Gasteiger partial charge in [-0.05, 0) is 44.6 Å². The lowest BCUT2D eigenvalue weighted by molar-refractivity contribution is -0.135. The van der Waals surface area contributed by atoms with Crippen molar-refractivity contribution < 1.29 is 9.90 Å². The summed E-state index contributed by atoms with van der Waals surface area (Å²) in [6.45, 7) is 2.94. The van der Waals surface area contributed by atoms with E-state index < -0.39 is 0 Å². The van der Waals surface area contributed by atoms with Crippen molar-refractivity contribution in [1.82, 2.24) is 4.90 Å². The molecular formula is C17H25NO2. The molecule has 0 unspecified atom stereocenters. The molecule has 1 saturated carbocycles. The molecule has 3 heteroatoms. The van der Waals surface area contributed by atoms with Crippen LogP contribution in [-0.4, -0.2) is 35.1 Å². The Morgan fingerprint density at radius 3 is 2.55 bits per heavy atom. The highest BCUT2D eigenvalue weighted by atomic mass is 16.3. The van der Waals surface area contributed by atoms with E-state index in [9.17, 15) is 4.79 Å². The lowest BCUT2D eigenvalue weighted by Crippen LogP contribution is -2.45. The number of nitrogens with zero attached hydrogens (tertiary/aromatic N) is 1. The lowest BCUT2D eigenvalue weighted by Gasteiger charge is -2.37. The lowest BCUT2D eigenvalue weighted by atomic mass is 9.91. The molecule has 110 valence electrons. The van der Waals surface area contributed by atoms with Crippen molar-refractivity contribution in [3.8, 4) is 0 Å². The van der Waals surface area contributed by atoms with Gasteiger partial charge in [0.25, 0.3) is 0 Å². The Morgan fingerprint density at radius 1 is 1.30 bits per heavy atom. The number of aliphatic hydroxyl groups excluding tert-OH is 1. The number of hydrogen-bond donors (Lipinski definition) is 1. The number of carbonyl (C=O) groups excluding carboxylic acids is 1. The smallest absolute Gasteiger partial charge is 0.223 e. The van der Waals surface area contributed by atoms with Crippen molar-refractivity contribution in [2.24, 2.45) is 0 Å². The monoisotopic (exact) mass is 275 g/mol. The SMILES string of the molecule is Cc1ccc(CCC(=O)N(CCCO)C2CCC2)cc1. The Hall–Kier alpha value is -1.35. The van der Waals surface area contributed by atoms with E-state index in [1.165, 1.54) is 17.5 Å². The minimum Gasteiger partial charge on any atom is -0.396 e. The van der Waals surface area contributed by atoms with E-state index in [2.05, 4.69) is 31.2 Å². The minimum absolute atomic E-state index is 0.161. The summed E-state index contributed by atoms with van der Waals surface area (Å²) < 4.78 is 0. The van der Waals surface area contributed by atoms with E-state index in [0.717, 1.165) is 19.3 Å². The first-order valence-corrected chi connectivity index (χ1v) is 7.66. The van der Waals surface area contributed by atoms with Gasteiger partial charge in [0.05, 0.1) is 0 Å². The fourth-order valence-electron chi connectivity index (χ4n) is 2.60. The Balaban J connectivity index is 1.85. The highest BCUT2D eigenvalue weighted by Gasteiger charge is 2.27. The molecule has 1 aromatic carbocycles. The molecule has 0 radical (unpaired) electrons. The molecule has 3 nitrogen and oxygen atoms in total.